The summed E-state index contributed by atoms with van der Waals surface area (Å²) in [6.45, 7) is 10.3. The molecule has 1 aliphatic heterocycles. The van der Waals surface area contributed by atoms with Crippen molar-refractivity contribution in [3.63, 3.8) is 0 Å². The number of amides is 1. The highest BCUT2D eigenvalue weighted by atomic mass is 32.1. The highest BCUT2D eigenvalue weighted by Gasteiger charge is 2.33. The second kappa shape index (κ2) is 8.02. The molecule has 29 heavy (non-hydrogen) atoms. The van der Waals surface area contributed by atoms with Crippen LogP contribution in [0.2, 0.25) is 0 Å². The number of carbonyl (C=O) groups excluding carboxylic acids is 1. The summed E-state index contributed by atoms with van der Waals surface area (Å²) in [7, 11) is 1.69. The van der Waals surface area contributed by atoms with Crippen molar-refractivity contribution in [3.8, 4) is 5.75 Å². The monoisotopic (exact) mass is 412 g/mol. The third kappa shape index (κ3) is 4.16. The number of thiophene rings is 1. The van der Waals surface area contributed by atoms with Gasteiger partial charge in [0.2, 0.25) is 0 Å². The van der Waals surface area contributed by atoms with E-state index in [0.717, 1.165) is 50.3 Å². The summed E-state index contributed by atoms with van der Waals surface area (Å²) < 4.78 is 5.25. The molecule has 5 heteroatoms. The molecule has 1 aliphatic carbocycles. The van der Waals surface area contributed by atoms with Gasteiger partial charge in [0.1, 0.15) is 5.75 Å². The van der Waals surface area contributed by atoms with E-state index >= 15 is 0 Å². The fraction of sp³-hybridized carbons (Fsp3) is 0.542. The SMILES string of the molecule is COc1ccc(N2CCN(C(=O)c3csc4c3CCC(C(C)(C)C)C4)CC2)cc1. The normalized spacial score (nSPS) is 19.8. The molecule has 1 amide bonds. The first-order chi connectivity index (χ1) is 13.9. The molecule has 1 aromatic carbocycles. The van der Waals surface area contributed by atoms with Crippen LogP contribution < -0.4 is 9.64 Å². The Morgan fingerprint density at radius 2 is 1.79 bits per heavy atom. The molecular weight excluding hydrogens is 380 g/mol. The predicted molar refractivity (Wildman–Crippen MR) is 120 cm³/mol. The van der Waals surface area contributed by atoms with Crippen molar-refractivity contribution in [1.82, 2.24) is 4.90 Å². The van der Waals surface area contributed by atoms with Gasteiger partial charge in [-0.2, -0.15) is 0 Å². The zero-order valence-corrected chi connectivity index (χ0v) is 18.8. The van der Waals surface area contributed by atoms with Crippen LogP contribution in [0.3, 0.4) is 0 Å². The van der Waals surface area contributed by atoms with Gasteiger partial charge in [-0.15, -0.1) is 11.3 Å². The largest absolute Gasteiger partial charge is 0.497 e. The number of methoxy groups -OCH3 is 1. The maximum absolute atomic E-state index is 13.2. The first kappa shape index (κ1) is 20.3. The van der Waals surface area contributed by atoms with Crippen molar-refractivity contribution < 1.29 is 9.53 Å². The fourth-order valence-corrected chi connectivity index (χ4v) is 5.72. The zero-order valence-electron chi connectivity index (χ0n) is 18.0. The van der Waals surface area contributed by atoms with Crippen LogP contribution in [0.1, 0.15) is 48.0 Å². The topological polar surface area (TPSA) is 32.8 Å². The van der Waals surface area contributed by atoms with Crippen LogP contribution in [-0.4, -0.2) is 44.1 Å². The van der Waals surface area contributed by atoms with E-state index in [9.17, 15) is 4.79 Å². The molecule has 1 atom stereocenters. The summed E-state index contributed by atoms with van der Waals surface area (Å²) in [5.74, 6) is 1.81. The molecule has 1 aromatic heterocycles. The van der Waals surface area contributed by atoms with Crippen LogP contribution in [-0.2, 0) is 12.8 Å². The smallest absolute Gasteiger partial charge is 0.255 e. The maximum atomic E-state index is 13.2. The third-order valence-electron chi connectivity index (χ3n) is 6.61. The number of piperazine rings is 1. The lowest BCUT2D eigenvalue weighted by Gasteiger charge is -2.37. The number of rotatable bonds is 3. The maximum Gasteiger partial charge on any atom is 0.255 e. The molecule has 2 aliphatic rings. The Balaban J connectivity index is 1.40. The molecular formula is C24H32N2O2S. The number of hydrogen-bond donors (Lipinski definition) is 0. The lowest BCUT2D eigenvalue weighted by molar-refractivity contribution is 0.0745. The number of nitrogens with zero attached hydrogens (tertiary/aromatic N) is 2. The molecule has 4 nitrogen and oxygen atoms in total. The zero-order chi connectivity index (χ0) is 20.6. The summed E-state index contributed by atoms with van der Waals surface area (Å²) in [4.78, 5) is 19.1. The van der Waals surface area contributed by atoms with Gasteiger partial charge in [0.05, 0.1) is 12.7 Å². The second-order valence-corrected chi connectivity index (χ2v) is 10.3. The van der Waals surface area contributed by atoms with Gasteiger partial charge in [0.25, 0.3) is 5.91 Å². The molecule has 156 valence electrons. The van der Waals surface area contributed by atoms with Crippen molar-refractivity contribution in [2.45, 2.75) is 40.0 Å². The van der Waals surface area contributed by atoms with Gasteiger partial charge in [-0.05, 0) is 60.4 Å². The van der Waals surface area contributed by atoms with Crippen molar-refractivity contribution in [1.29, 1.82) is 0 Å². The van der Waals surface area contributed by atoms with Crippen LogP contribution in [0, 0.1) is 11.3 Å². The van der Waals surface area contributed by atoms with Gasteiger partial charge >= 0.3 is 0 Å². The second-order valence-electron chi connectivity index (χ2n) is 9.33. The number of anilines is 1. The van der Waals surface area contributed by atoms with Crippen LogP contribution >= 0.6 is 11.3 Å². The van der Waals surface area contributed by atoms with E-state index in [4.69, 9.17) is 4.74 Å². The third-order valence-corrected chi connectivity index (χ3v) is 7.67. The molecule has 2 heterocycles. The number of benzene rings is 1. The average Bonchev–Trinajstić information content (AvgIpc) is 3.16. The summed E-state index contributed by atoms with van der Waals surface area (Å²) >= 11 is 1.80. The molecule has 4 rings (SSSR count). The van der Waals surface area contributed by atoms with Gasteiger partial charge < -0.3 is 14.5 Å². The minimum Gasteiger partial charge on any atom is -0.497 e. The minimum absolute atomic E-state index is 0.228. The van der Waals surface area contributed by atoms with E-state index < -0.39 is 0 Å². The van der Waals surface area contributed by atoms with E-state index in [1.54, 1.807) is 18.4 Å². The molecule has 0 saturated carbocycles. The molecule has 0 N–H and O–H groups in total. The standard InChI is InChI=1S/C24H32N2O2S/c1-24(2,3)17-5-10-20-21(16-29-22(20)15-17)23(27)26-13-11-25(12-14-26)18-6-8-19(28-4)9-7-18/h6-9,16-17H,5,10-15H2,1-4H3. The Bertz CT molecular complexity index is 858. The van der Waals surface area contributed by atoms with Gasteiger partial charge in [0, 0.05) is 42.1 Å². The van der Waals surface area contributed by atoms with Gasteiger partial charge in [-0.1, -0.05) is 20.8 Å². The molecule has 0 spiro atoms. The molecule has 1 unspecified atom stereocenters. The van der Waals surface area contributed by atoms with E-state index in [1.165, 1.54) is 22.5 Å². The lowest BCUT2D eigenvalue weighted by atomic mass is 9.72. The first-order valence-corrected chi connectivity index (χ1v) is 11.5. The van der Waals surface area contributed by atoms with Crippen LogP contribution in [0.4, 0.5) is 5.69 Å². The first-order valence-electron chi connectivity index (χ1n) is 10.6. The average molecular weight is 413 g/mol. The van der Waals surface area contributed by atoms with Gasteiger partial charge in [-0.3, -0.25) is 4.79 Å². The molecule has 0 bridgehead atoms. The lowest BCUT2D eigenvalue weighted by Crippen LogP contribution is -2.49. The van der Waals surface area contributed by atoms with Crippen molar-refractivity contribution >= 4 is 22.9 Å². The van der Waals surface area contributed by atoms with Crippen LogP contribution in [0.15, 0.2) is 29.6 Å². The Morgan fingerprint density at radius 1 is 1.10 bits per heavy atom. The van der Waals surface area contributed by atoms with Crippen LogP contribution in [0.25, 0.3) is 0 Å². The Hall–Kier alpha value is -2.01. The van der Waals surface area contributed by atoms with Gasteiger partial charge in [-0.25, -0.2) is 0 Å². The minimum atomic E-state index is 0.228. The van der Waals surface area contributed by atoms with E-state index in [0.29, 0.717) is 11.3 Å². The van der Waals surface area contributed by atoms with E-state index in [2.05, 4.69) is 43.2 Å². The van der Waals surface area contributed by atoms with Crippen molar-refractivity contribution in [2.75, 3.05) is 38.2 Å². The van der Waals surface area contributed by atoms with E-state index in [1.807, 2.05) is 17.0 Å². The molecule has 2 aromatic rings. The van der Waals surface area contributed by atoms with Gasteiger partial charge in [0.15, 0.2) is 0 Å². The number of fused-ring (bicyclic) bond motifs is 1. The Kier molecular flexibility index (Phi) is 5.60. The summed E-state index contributed by atoms with van der Waals surface area (Å²) in [5, 5.41) is 2.12. The van der Waals surface area contributed by atoms with Crippen LogP contribution in [0.5, 0.6) is 5.75 Å². The Labute approximate surface area is 178 Å². The molecule has 1 saturated heterocycles. The number of ether oxygens (including phenoxy) is 1. The highest BCUT2D eigenvalue weighted by Crippen LogP contribution is 2.40. The summed E-state index contributed by atoms with van der Waals surface area (Å²) in [6, 6.07) is 8.18. The molecule has 0 radical (unpaired) electrons. The highest BCUT2D eigenvalue weighted by molar-refractivity contribution is 7.10. The fourth-order valence-electron chi connectivity index (χ4n) is 4.56. The summed E-state index contributed by atoms with van der Waals surface area (Å²) in [5.41, 5.74) is 3.83. The molecule has 1 fully saturated rings. The quantitative estimate of drug-likeness (QED) is 0.721. The predicted octanol–water partition coefficient (Wildman–Crippen LogP) is 4.87. The van der Waals surface area contributed by atoms with Crippen molar-refractivity contribution in [3.05, 3.63) is 45.6 Å². The van der Waals surface area contributed by atoms with Crippen molar-refractivity contribution in [2.24, 2.45) is 11.3 Å². The number of carbonyl (C=O) groups is 1. The summed E-state index contributed by atoms with van der Waals surface area (Å²) in [6.07, 6.45) is 3.37. The Morgan fingerprint density at radius 3 is 2.41 bits per heavy atom. The van der Waals surface area contributed by atoms with E-state index in [-0.39, 0.29) is 5.91 Å². The number of hydrogen-bond acceptors (Lipinski definition) is 4.